The fourth-order valence-electron chi connectivity index (χ4n) is 1.88. The van der Waals surface area contributed by atoms with Gasteiger partial charge >= 0.3 is 0 Å². The second-order valence-electron chi connectivity index (χ2n) is 4.68. The number of nitrogens with two attached hydrogens (primary N) is 2. The summed E-state index contributed by atoms with van der Waals surface area (Å²) in [6, 6.07) is 9.87. The molecule has 0 spiro atoms. The fraction of sp³-hybridized carbons (Fsp3) is 0.125. The lowest BCUT2D eigenvalue weighted by molar-refractivity contribution is 0.278. The predicted octanol–water partition coefficient (Wildman–Crippen LogP) is 2.78. The summed E-state index contributed by atoms with van der Waals surface area (Å²) in [4.78, 5) is 0. The third-order valence-corrected chi connectivity index (χ3v) is 3.55. The average molecular weight is 395 g/mol. The van der Waals surface area contributed by atoms with Gasteiger partial charge in [0.25, 0.3) is 0 Å². The number of guanidine groups is 1. The molecule has 6 nitrogen and oxygen atoms in total. The minimum atomic E-state index is -0.325. The van der Waals surface area contributed by atoms with Gasteiger partial charge in [0.15, 0.2) is 11.5 Å². The lowest BCUT2D eigenvalue weighted by Crippen LogP contribution is -2.21. The Bertz CT molecular complexity index is 777. The molecule has 0 fully saturated rings. The van der Waals surface area contributed by atoms with Crippen molar-refractivity contribution in [3.8, 4) is 11.5 Å². The van der Waals surface area contributed by atoms with E-state index in [1.807, 2.05) is 0 Å². The van der Waals surface area contributed by atoms with E-state index in [1.165, 1.54) is 19.4 Å². The highest BCUT2D eigenvalue weighted by Crippen LogP contribution is 2.37. The summed E-state index contributed by atoms with van der Waals surface area (Å²) in [5.74, 6) is 0.460. The minimum absolute atomic E-state index is 0.0725. The van der Waals surface area contributed by atoms with Crippen LogP contribution in [-0.4, -0.2) is 19.3 Å². The number of hydrogen-bond donors (Lipinski definition) is 2. The topological polar surface area (TPSA) is 95.2 Å². The third-order valence-electron chi connectivity index (χ3n) is 2.96. The quantitative estimate of drug-likeness (QED) is 0.447. The van der Waals surface area contributed by atoms with E-state index >= 15 is 0 Å². The SMILES string of the molecule is COc1cc(/C=N\N=C(N)N)cc(Br)c1OCc1ccccc1F. The molecule has 0 radical (unpaired) electrons. The Morgan fingerprint density at radius 1 is 1.29 bits per heavy atom. The van der Waals surface area contributed by atoms with Crippen molar-refractivity contribution in [2.24, 2.45) is 21.7 Å². The maximum absolute atomic E-state index is 13.7. The van der Waals surface area contributed by atoms with E-state index < -0.39 is 0 Å². The molecule has 0 aliphatic rings. The predicted molar refractivity (Wildman–Crippen MR) is 94.8 cm³/mol. The normalized spacial score (nSPS) is 10.6. The van der Waals surface area contributed by atoms with Gasteiger partial charge in [0, 0.05) is 5.56 Å². The first kappa shape index (κ1) is 17.7. The summed E-state index contributed by atoms with van der Waals surface area (Å²) < 4.78 is 25.3. The zero-order valence-electron chi connectivity index (χ0n) is 12.9. The van der Waals surface area contributed by atoms with Crippen LogP contribution in [0.5, 0.6) is 11.5 Å². The molecule has 0 aliphatic carbocycles. The van der Waals surface area contributed by atoms with E-state index in [2.05, 4.69) is 26.1 Å². The Balaban J connectivity index is 2.22. The Hall–Kier alpha value is -2.61. The summed E-state index contributed by atoms with van der Waals surface area (Å²) in [7, 11) is 1.51. The molecule has 0 unspecified atom stereocenters. The molecule has 0 saturated carbocycles. The molecule has 0 aliphatic heterocycles. The standard InChI is InChI=1S/C16H16BrFN4O2/c1-23-14-7-10(8-21-22-16(19)20)6-12(17)15(14)24-9-11-4-2-3-5-13(11)18/h2-8H,9H2,1H3,(H4,19,20,22)/b21-8-. The second kappa shape index (κ2) is 8.30. The van der Waals surface area contributed by atoms with Crippen molar-refractivity contribution in [1.29, 1.82) is 0 Å². The Morgan fingerprint density at radius 3 is 2.71 bits per heavy atom. The summed E-state index contributed by atoms with van der Waals surface area (Å²) in [6.45, 7) is 0.0725. The molecular weight excluding hydrogens is 379 g/mol. The Morgan fingerprint density at radius 2 is 2.04 bits per heavy atom. The summed E-state index contributed by atoms with van der Waals surface area (Å²) in [5, 5.41) is 7.26. The van der Waals surface area contributed by atoms with E-state index in [1.54, 1.807) is 30.3 Å². The van der Waals surface area contributed by atoms with Crippen LogP contribution in [0.1, 0.15) is 11.1 Å². The lowest BCUT2D eigenvalue weighted by Gasteiger charge is -2.13. The molecule has 8 heteroatoms. The molecule has 0 aromatic heterocycles. The van der Waals surface area contributed by atoms with E-state index in [0.717, 1.165) is 0 Å². The van der Waals surface area contributed by atoms with Gasteiger partial charge in [-0.15, -0.1) is 5.10 Å². The monoisotopic (exact) mass is 394 g/mol. The van der Waals surface area contributed by atoms with Gasteiger partial charge in [0.1, 0.15) is 12.4 Å². The zero-order chi connectivity index (χ0) is 17.5. The Kier molecular flexibility index (Phi) is 6.14. The van der Waals surface area contributed by atoms with Gasteiger partial charge in [-0.05, 0) is 39.7 Å². The van der Waals surface area contributed by atoms with Crippen LogP contribution in [0.2, 0.25) is 0 Å². The van der Waals surface area contributed by atoms with Gasteiger partial charge in [0.2, 0.25) is 5.96 Å². The summed E-state index contributed by atoms with van der Waals surface area (Å²) >= 11 is 3.41. The number of halogens is 2. The molecule has 4 N–H and O–H groups in total. The first-order valence-corrected chi connectivity index (χ1v) is 7.66. The minimum Gasteiger partial charge on any atom is -0.493 e. The molecule has 126 valence electrons. The number of nitrogens with zero attached hydrogens (tertiary/aromatic N) is 2. The van der Waals surface area contributed by atoms with Crippen molar-refractivity contribution < 1.29 is 13.9 Å². The highest BCUT2D eigenvalue weighted by molar-refractivity contribution is 9.10. The van der Waals surface area contributed by atoms with Crippen LogP contribution in [0.3, 0.4) is 0 Å². The van der Waals surface area contributed by atoms with Crippen LogP contribution >= 0.6 is 15.9 Å². The fourth-order valence-corrected chi connectivity index (χ4v) is 2.46. The molecule has 0 bridgehead atoms. The Labute approximate surface area is 147 Å². The zero-order valence-corrected chi connectivity index (χ0v) is 14.5. The first-order chi connectivity index (χ1) is 11.5. The number of rotatable bonds is 6. The molecule has 0 saturated heterocycles. The summed E-state index contributed by atoms with van der Waals surface area (Å²) in [5.41, 5.74) is 11.6. The van der Waals surface area contributed by atoms with Crippen molar-refractivity contribution in [3.63, 3.8) is 0 Å². The van der Waals surface area contributed by atoms with E-state index in [-0.39, 0.29) is 18.4 Å². The number of hydrogen-bond acceptors (Lipinski definition) is 4. The number of benzene rings is 2. The van der Waals surface area contributed by atoms with Crippen molar-refractivity contribution in [2.45, 2.75) is 6.61 Å². The van der Waals surface area contributed by atoms with Gasteiger partial charge in [-0.3, -0.25) is 0 Å². The largest absolute Gasteiger partial charge is 0.493 e. The van der Waals surface area contributed by atoms with E-state index in [0.29, 0.717) is 27.1 Å². The number of methoxy groups -OCH3 is 1. The van der Waals surface area contributed by atoms with Crippen molar-refractivity contribution in [1.82, 2.24) is 0 Å². The van der Waals surface area contributed by atoms with Gasteiger partial charge in [-0.25, -0.2) is 4.39 Å². The van der Waals surface area contributed by atoms with Crippen LogP contribution in [-0.2, 0) is 6.61 Å². The second-order valence-corrected chi connectivity index (χ2v) is 5.54. The van der Waals surface area contributed by atoms with Gasteiger partial charge in [-0.1, -0.05) is 18.2 Å². The van der Waals surface area contributed by atoms with Crippen LogP contribution in [0.25, 0.3) is 0 Å². The molecule has 2 aromatic rings. The maximum Gasteiger partial charge on any atom is 0.211 e. The molecule has 0 heterocycles. The van der Waals surface area contributed by atoms with Gasteiger partial charge in [0.05, 0.1) is 17.8 Å². The average Bonchev–Trinajstić information content (AvgIpc) is 2.54. The molecular formula is C16H16BrFN4O2. The first-order valence-electron chi connectivity index (χ1n) is 6.87. The van der Waals surface area contributed by atoms with Crippen molar-refractivity contribution >= 4 is 28.1 Å². The van der Waals surface area contributed by atoms with Crippen molar-refractivity contribution in [3.05, 3.63) is 57.8 Å². The lowest BCUT2D eigenvalue weighted by atomic mass is 10.2. The maximum atomic E-state index is 13.7. The van der Waals surface area contributed by atoms with Crippen LogP contribution < -0.4 is 20.9 Å². The smallest absolute Gasteiger partial charge is 0.211 e. The number of ether oxygens (including phenoxy) is 2. The van der Waals surface area contributed by atoms with Gasteiger partial charge in [-0.2, -0.15) is 5.10 Å². The van der Waals surface area contributed by atoms with E-state index in [4.69, 9.17) is 20.9 Å². The van der Waals surface area contributed by atoms with Crippen LogP contribution in [0.4, 0.5) is 4.39 Å². The molecule has 2 aromatic carbocycles. The molecule has 0 atom stereocenters. The summed E-state index contributed by atoms with van der Waals surface area (Å²) in [6.07, 6.45) is 1.47. The highest BCUT2D eigenvalue weighted by Gasteiger charge is 2.12. The molecule has 0 amide bonds. The highest BCUT2D eigenvalue weighted by atomic mass is 79.9. The van der Waals surface area contributed by atoms with E-state index in [9.17, 15) is 4.39 Å². The van der Waals surface area contributed by atoms with Crippen molar-refractivity contribution in [2.75, 3.05) is 7.11 Å². The van der Waals surface area contributed by atoms with Gasteiger partial charge < -0.3 is 20.9 Å². The van der Waals surface area contributed by atoms with Crippen LogP contribution in [0.15, 0.2) is 51.1 Å². The third kappa shape index (κ3) is 4.69. The molecule has 2 rings (SSSR count). The van der Waals surface area contributed by atoms with Crippen LogP contribution in [0, 0.1) is 5.82 Å². The molecule has 24 heavy (non-hydrogen) atoms.